The molecule has 0 aliphatic rings. The summed E-state index contributed by atoms with van der Waals surface area (Å²) in [5.74, 6) is 0. The van der Waals surface area contributed by atoms with E-state index in [-0.39, 0.29) is 5.41 Å². The maximum Gasteiger partial charge on any atom is 0.0541 e. The molecule has 0 radical (unpaired) electrons. The number of nitrogens with zero attached hydrogens (tertiary/aromatic N) is 2. The van der Waals surface area contributed by atoms with Crippen molar-refractivity contribution in [2.24, 2.45) is 0 Å². The van der Waals surface area contributed by atoms with Crippen molar-refractivity contribution in [1.82, 2.24) is 9.13 Å². The van der Waals surface area contributed by atoms with Gasteiger partial charge in [-0.1, -0.05) is 306 Å². The molecule has 0 unspecified atom stereocenters. The van der Waals surface area contributed by atoms with E-state index in [1.54, 1.807) is 0 Å². The lowest BCUT2D eigenvalue weighted by Gasteiger charge is -2.18. The van der Waals surface area contributed by atoms with Crippen LogP contribution >= 0.6 is 22.7 Å². The van der Waals surface area contributed by atoms with E-state index in [1.165, 1.54) is 210 Å². The molecule has 23 aromatic rings. The summed E-state index contributed by atoms with van der Waals surface area (Å²) >= 11 is 3.76. The second-order valence-electron chi connectivity index (χ2n) is 31.3. The minimum Gasteiger partial charge on any atom is -0.309 e. The predicted octanol–water partition coefficient (Wildman–Crippen LogP) is 31.9. The summed E-state index contributed by atoms with van der Waals surface area (Å²) in [4.78, 5) is 0. The van der Waals surface area contributed by atoms with Gasteiger partial charge in [0.25, 0.3) is 0 Å². The molecule has 0 saturated carbocycles. The molecular weight excluding hydrogens is 1410 g/mol. The summed E-state index contributed by atoms with van der Waals surface area (Å²) in [5.41, 5.74) is 26.1. The lowest BCUT2D eigenvalue weighted by Crippen LogP contribution is -2.10. The average Bonchev–Trinajstić information content (AvgIpc) is 1.68. The lowest BCUT2D eigenvalue weighted by molar-refractivity contribution is 0.591. The Hall–Kier alpha value is -13.7. The van der Waals surface area contributed by atoms with Gasteiger partial charge in [-0.05, 0) is 241 Å². The van der Waals surface area contributed by atoms with Gasteiger partial charge in [0.1, 0.15) is 0 Å². The molecule has 0 amide bonds. The Kier molecular flexibility index (Phi) is 15.9. The highest BCUT2D eigenvalue weighted by molar-refractivity contribution is 7.26. The maximum atomic E-state index is 2.43. The van der Waals surface area contributed by atoms with Gasteiger partial charge in [-0.15, -0.1) is 22.7 Å². The number of rotatable bonds is 9. The summed E-state index contributed by atoms with van der Waals surface area (Å²) in [6, 6.07) is 146. The largest absolute Gasteiger partial charge is 0.309 e. The van der Waals surface area contributed by atoms with Crippen molar-refractivity contribution in [3.8, 4) is 89.3 Å². The third-order valence-electron chi connectivity index (χ3n) is 23.7. The van der Waals surface area contributed by atoms with E-state index in [0.29, 0.717) is 0 Å². The molecule has 2 nitrogen and oxygen atoms in total. The zero-order valence-corrected chi connectivity index (χ0v) is 64.9. The fourth-order valence-electron chi connectivity index (χ4n) is 18.3. The molecule has 0 atom stereocenters. The van der Waals surface area contributed by atoms with Crippen LogP contribution in [0.2, 0.25) is 0 Å². The molecule has 23 rings (SSSR count). The van der Waals surface area contributed by atoms with E-state index in [4.69, 9.17) is 0 Å². The Labute approximate surface area is 669 Å². The van der Waals surface area contributed by atoms with Crippen LogP contribution in [0.1, 0.15) is 26.3 Å². The lowest BCUT2D eigenvalue weighted by atomic mass is 9.86. The summed E-state index contributed by atoms with van der Waals surface area (Å²) in [6.45, 7) is 6.88. The number of para-hydroxylation sites is 2. The van der Waals surface area contributed by atoms with Crippen LogP contribution in [0, 0.1) is 0 Å². The first-order valence-electron chi connectivity index (χ1n) is 39.4. The third kappa shape index (κ3) is 11.2. The van der Waals surface area contributed by atoms with Crippen molar-refractivity contribution in [3.63, 3.8) is 0 Å². The van der Waals surface area contributed by atoms with Crippen LogP contribution in [0.15, 0.2) is 394 Å². The summed E-state index contributed by atoms with van der Waals surface area (Å²) < 4.78 is 10.2. The molecular formula is C110H74N2S2. The van der Waals surface area contributed by atoms with E-state index in [1.807, 2.05) is 22.7 Å². The van der Waals surface area contributed by atoms with Crippen LogP contribution in [0.5, 0.6) is 0 Å². The molecule has 0 spiro atoms. The van der Waals surface area contributed by atoms with Gasteiger partial charge in [0, 0.05) is 73.3 Å². The Morgan fingerprint density at radius 2 is 0.412 bits per heavy atom. The summed E-state index contributed by atoms with van der Waals surface area (Å²) in [5, 5.41) is 20.5. The zero-order valence-electron chi connectivity index (χ0n) is 63.2. The van der Waals surface area contributed by atoms with Gasteiger partial charge in [0.2, 0.25) is 0 Å². The van der Waals surface area contributed by atoms with Crippen LogP contribution in [-0.4, -0.2) is 9.13 Å². The van der Waals surface area contributed by atoms with Crippen LogP contribution in [0.25, 0.3) is 216 Å². The molecule has 114 heavy (non-hydrogen) atoms. The van der Waals surface area contributed by atoms with Crippen LogP contribution in [-0.2, 0) is 5.41 Å². The number of hydrogen-bond acceptors (Lipinski definition) is 2. The van der Waals surface area contributed by atoms with E-state index >= 15 is 0 Å². The maximum absolute atomic E-state index is 2.43. The number of aromatic nitrogens is 2. The van der Waals surface area contributed by atoms with Crippen molar-refractivity contribution in [3.05, 3.63) is 400 Å². The van der Waals surface area contributed by atoms with Crippen LogP contribution < -0.4 is 0 Å². The second kappa shape index (κ2) is 27.0. The van der Waals surface area contributed by atoms with Crippen molar-refractivity contribution < 1.29 is 0 Å². The molecule has 0 aliphatic heterocycles. The second-order valence-corrected chi connectivity index (χ2v) is 33.5. The SMILES string of the molecule is CC(C)(C)c1ccc2sc3ccc(-c4ccc5c(c4)c4ccccc4n5-c4ccc(-c5c6ccccc6c(-c6ccccc6)c6ccccc56)cc4)cc3c2c1.c1ccc(-c2ccc3sc4ccc(-c5ccc6c(c5)c5ccccc5n6-c5ccc(-c6c7ccccc7c(-c7ccccc7)c7ccccc67)cc5)cc4c3c2)cc1. The monoisotopic (exact) mass is 1490 g/mol. The molecule has 19 aromatic carbocycles. The standard InChI is InChI=1S/C56H35NS.C54H39NS/c1-3-13-36(14-4-1)39-26-31-53-49(34-39)50-35-41(27-32-54(50)58-53)40-25-30-52-48(33-40)43-17-11-12-22-51(43)57(52)42-28-23-38(24-29-42)56-46-20-9-7-18-44(46)55(37-15-5-2-6-16-37)45-19-8-10-21-47(45)56;1-54(2,3)38-25-30-51-47(33-38)46-32-37(24-29-50(46)56-51)36-23-28-49-45(31-36)40-15-11-12-20-48(40)55(49)39-26-21-35(22-27-39)53-43-18-9-7-16-41(43)52(34-13-5-4-6-14-34)42-17-8-10-19-44(42)53/h1-35H;4-33H,1-3H3. The predicted molar refractivity (Wildman–Crippen MR) is 494 cm³/mol. The van der Waals surface area contributed by atoms with E-state index in [2.05, 4.69) is 424 Å². The Morgan fingerprint density at radius 1 is 0.175 bits per heavy atom. The van der Waals surface area contributed by atoms with E-state index < -0.39 is 0 Å². The van der Waals surface area contributed by atoms with Gasteiger partial charge in [0.15, 0.2) is 0 Å². The van der Waals surface area contributed by atoms with Gasteiger partial charge in [-0.3, -0.25) is 0 Å². The van der Waals surface area contributed by atoms with Crippen molar-refractivity contribution in [2.45, 2.75) is 26.2 Å². The Balaban J connectivity index is 0.000000139. The highest BCUT2D eigenvalue weighted by Gasteiger charge is 2.23. The first-order valence-corrected chi connectivity index (χ1v) is 41.1. The van der Waals surface area contributed by atoms with Gasteiger partial charge >= 0.3 is 0 Å². The number of benzene rings is 19. The highest BCUT2D eigenvalue weighted by Crippen LogP contribution is 2.49. The van der Waals surface area contributed by atoms with Crippen molar-refractivity contribution in [1.29, 1.82) is 0 Å². The number of fused-ring (bicyclic) bond motifs is 16. The summed E-state index contributed by atoms with van der Waals surface area (Å²) in [6.07, 6.45) is 0. The Bertz CT molecular complexity index is 7670. The minimum absolute atomic E-state index is 0.108. The fourth-order valence-corrected chi connectivity index (χ4v) is 20.5. The van der Waals surface area contributed by atoms with Crippen LogP contribution in [0.3, 0.4) is 0 Å². The van der Waals surface area contributed by atoms with Gasteiger partial charge in [-0.2, -0.15) is 0 Å². The van der Waals surface area contributed by atoms with Gasteiger partial charge in [0.05, 0.1) is 22.1 Å². The number of thiophene rings is 2. The zero-order chi connectivity index (χ0) is 75.7. The molecule has 0 fully saturated rings. The Morgan fingerprint density at radius 3 is 0.746 bits per heavy atom. The van der Waals surface area contributed by atoms with Gasteiger partial charge < -0.3 is 9.13 Å². The smallest absolute Gasteiger partial charge is 0.0541 e. The van der Waals surface area contributed by atoms with Crippen molar-refractivity contribution in [2.75, 3.05) is 0 Å². The minimum atomic E-state index is 0.108. The third-order valence-corrected chi connectivity index (χ3v) is 26.0. The van der Waals surface area contributed by atoms with E-state index in [0.717, 1.165) is 11.4 Å². The molecule has 0 bridgehead atoms. The molecule has 4 aromatic heterocycles. The fraction of sp³-hybridized carbons (Fsp3) is 0.0364. The molecule has 4 heteroatoms. The topological polar surface area (TPSA) is 9.86 Å². The average molecular weight is 1490 g/mol. The first-order chi connectivity index (χ1) is 56.2. The van der Waals surface area contributed by atoms with E-state index in [9.17, 15) is 0 Å². The molecule has 0 N–H and O–H groups in total. The van der Waals surface area contributed by atoms with Crippen molar-refractivity contribution >= 4 is 150 Å². The highest BCUT2D eigenvalue weighted by atomic mass is 32.1. The summed E-state index contributed by atoms with van der Waals surface area (Å²) in [7, 11) is 0. The molecule has 0 aliphatic carbocycles. The normalized spacial score (nSPS) is 12.0. The number of hydrogen-bond donors (Lipinski definition) is 0. The molecule has 0 saturated heterocycles. The molecule has 536 valence electrons. The quantitative estimate of drug-likeness (QED) is 0.128. The first kappa shape index (κ1) is 67.2. The molecule has 4 heterocycles. The van der Waals surface area contributed by atoms with Gasteiger partial charge in [-0.25, -0.2) is 0 Å². The van der Waals surface area contributed by atoms with Crippen LogP contribution in [0.4, 0.5) is 0 Å².